The van der Waals surface area contributed by atoms with Crippen LogP contribution in [0.25, 0.3) is 0 Å². The van der Waals surface area contributed by atoms with Gasteiger partial charge in [0.05, 0.1) is 23.0 Å². The largest absolute Gasteiger partial charge is 0.416 e. The van der Waals surface area contributed by atoms with Crippen molar-refractivity contribution in [2.45, 2.75) is 12.6 Å². The lowest BCUT2D eigenvalue weighted by molar-refractivity contribution is -0.385. The molecule has 0 aliphatic rings. The zero-order valence-corrected chi connectivity index (χ0v) is 8.65. The van der Waals surface area contributed by atoms with Gasteiger partial charge >= 0.3 is 6.18 Å². The molecule has 0 fully saturated rings. The molecule has 0 heterocycles. The second-order valence-corrected chi connectivity index (χ2v) is 3.23. The number of nitro groups is 1. The number of nitrogens with zero attached hydrogens (tertiary/aromatic N) is 3. The van der Waals surface area contributed by atoms with Gasteiger partial charge in [-0.3, -0.25) is 10.1 Å². The Labute approximate surface area is 98.8 Å². The smallest absolute Gasteiger partial charge is 0.258 e. The van der Waals surface area contributed by atoms with E-state index in [0.717, 1.165) is 0 Å². The molecule has 0 N–H and O–H groups in total. The number of hydrogen-bond donors (Lipinski definition) is 0. The highest BCUT2D eigenvalue weighted by Gasteiger charge is 2.34. The Balaban J connectivity index is 3.61. The lowest BCUT2D eigenvalue weighted by Crippen LogP contribution is -2.08. The number of halogens is 3. The van der Waals surface area contributed by atoms with Gasteiger partial charge in [-0.05, 0) is 12.1 Å². The normalized spacial score (nSPS) is 10.5. The molecule has 0 unspecified atom stereocenters. The Hall–Kier alpha value is -2.61. The third kappa shape index (κ3) is 2.55. The quantitative estimate of drug-likeness (QED) is 0.599. The van der Waals surface area contributed by atoms with Gasteiger partial charge in [-0.2, -0.15) is 23.7 Å². The van der Waals surface area contributed by atoms with Gasteiger partial charge < -0.3 is 0 Å². The van der Waals surface area contributed by atoms with E-state index in [2.05, 4.69) is 0 Å². The standard InChI is InChI=1S/C10H4F3N3O2/c11-10(12,13)8-3-6(1-2-14)9(16(17)18)7(4-8)5-15/h3-4H,1H2. The molecule has 0 bridgehead atoms. The van der Waals surface area contributed by atoms with Crippen molar-refractivity contribution in [2.24, 2.45) is 0 Å². The van der Waals surface area contributed by atoms with Gasteiger partial charge in [-0.25, -0.2) is 0 Å². The van der Waals surface area contributed by atoms with Crippen LogP contribution in [0.2, 0.25) is 0 Å². The molecule has 8 heteroatoms. The average molecular weight is 255 g/mol. The molecule has 92 valence electrons. The molecule has 0 spiro atoms. The van der Waals surface area contributed by atoms with Crippen LogP contribution in [0, 0.1) is 32.8 Å². The number of benzene rings is 1. The summed E-state index contributed by atoms with van der Waals surface area (Å²) in [6.07, 6.45) is -5.31. The summed E-state index contributed by atoms with van der Waals surface area (Å²) in [7, 11) is 0. The summed E-state index contributed by atoms with van der Waals surface area (Å²) >= 11 is 0. The first kappa shape index (κ1) is 13.5. The monoisotopic (exact) mass is 255 g/mol. The van der Waals surface area contributed by atoms with Gasteiger partial charge in [0.25, 0.3) is 5.69 Å². The molecule has 0 radical (unpaired) electrons. The van der Waals surface area contributed by atoms with Gasteiger partial charge in [0.15, 0.2) is 0 Å². The molecule has 0 saturated heterocycles. The Morgan fingerprint density at radius 1 is 1.33 bits per heavy atom. The zero-order valence-electron chi connectivity index (χ0n) is 8.65. The highest BCUT2D eigenvalue weighted by molar-refractivity contribution is 5.57. The third-order valence-corrected chi connectivity index (χ3v) is 2.09. The van der Waals surface area contributed by atoms with Gasteiger partial charge in [0, 0.05) is 5.56 Å². The van der Waals surface area contributed by atoms with Gasteiger partial charge in [-0.15, -0.1) is 0 Å². The molecule has 0 aliphatic carbocycles. The second kappa shape index (κ2) is 4.72. The first-order chi connectivity index (χ1) is 8.31. The minimum absolute atomic E-state index is 0.402. The molecule has 18 heavy (non-hydrogen) atoms. The number of hydrogen-bond acceptors (Lipinski definition) is 4. The van der Waals surface area contributed by atoms with Crippen molar-refractivity contribution >= 4 is 5.69 Å². The van der Waals surface area contributed by atoms with Crippen molar-refractivity contribution in [2.75, 3.05) is 0 Å². The van der Waals surface area contributed by atoms with Crippen LogP contribution in [0.5, 0.6) is 0 Å². The SMILES string of the molecule is N#CCc1cc(C(F)(F)F)cc(C#N)c1[N+](=O)[O-]. The minimum Gasteiger partial charge on any atom is -0.258 e. The van der Waals surface area contributed by atoms with E-state index in [1.807, 2.05) is 0 Å². The summed E-state index contributed by atoms with van der Waals surface area (Å²) in [6, 6.07) is 3.78. The van der Waals surface area contributed by atoms with E-state index in [1.165, 1.54) is 12.1 Å². The lowest BCUT2D eigenvalue weighted by Gasteiger charge is -2.09. The summed E-state index contributed by atoms with van der Waals surface area (Å²) in [5, 5.41) is 27.8. The van der Waals surface area contributed by atoms with Crippen LogP contribution in [0.15, 0.2) is 12.1 Å². The van der Waals surface area contributed by atoms with Crippen molar-refractivity contribution in [1.29, 1.82) is 10.5 Å². The summed E-state index contributed by atoms with van der Waals surface area (Å²) in [5.41, 5.74) is -3.07. The number of alkyl halides is 3. The first-order valence-electron chi connectivity index (χ1n) is 4.46. The molecule has 1 rings (SSSR count). The molecular formula is C10H4F3N3O2. The Bertz CT molecular complexity index is 582. The topological polar surface area (TPSA) is 90.7 Å². The van der Waals surface area contributed by atoms with E-state index >= 15 is 0 Å². The lowest BCUT2D eigenvalue weighted by atomic mass is 10.0. The highest BCUT2D eigenvalue weighted by atomic mass is 19.4. The van der Waals surface area contributed by atoms with Crippen LogP contribution in [0.3, 0.4) is 0 Å². The van der Waals surface area contributed by atoms with E-state index in [9.17, 15) is 23.3 Å². The molecule has 1 aromatic rings. The summed E-state index contributed by atoms with van der Waals surface area (Å²) in [4.78, 5) is 9.73. The molecule has 0 saturated carbocycles. The molecule has 0 atom stereocenters. The Morgan fingerprint density at radius 2 is 1.94 bits per heavy atom. The maximum Gasteiger partial charge on any atom is 0.416 e. The number of nitriles is 2. The number of rotatable bonds is 2. The van der Waals surface area contributed by atoms with Gasteiger partial charge in [0.2, 0.25) is 0 Å². The minimum atomic E-state index is -4.73. The maximum atomic E-state index is 12.5. The molecule has 0 amide bonds. The average Bonchev–Trinajstić information content (AvgIpc) is 2.26. The maximum absolute atomic E-state index is 12.5. The van der Waals surface area contributed by atoms with Crippen molar-refractivity contribution in [1.82, 2.24) is 0 Å². The third-order valence-electron chi connectivity index (χ3n) is 2.09. The second-order valence-electron chi connectivity index (χ2n) is 3.23. The van der Waals surface area contributed by atoms with Crippen LogP contribution in [0.1, 0.15) is 16.7 Å². The van der Waals surface area contributed by atoms with Crippen molar-refractivity contribution in [3.63, 3.8) is 0 Å². The fourth-order valence-corrected chi connectivity index (χ4v) is 1.38. The Morgan fingerprint density at radius 3 is 2.33 bits per heavy atom. The predicted octanol–water partition coefficient (Wildman–Crippen LogP) is 2.55. The summed E-state index contributed by atoms with van der Waals surface area (Å²) in [5.74, 6) is 0. The predicted molar refractivity (Wildman–Crippen MR) is 52.1 cm³/mol. The highest BCUT2D eigenvalue weighted by Crippen LogP contribution is 2.34. The van der Waals surface area contributed by atoms with Gasteiger partial charge in [0.1, 0.15) is 11.6 Å². The van der Waals surface area contributed by atoms with Gasteiger partial charge in [-0.1, -0.05) is 0 Å². The first-order valence-corrected chi connectivity index (χ1v) is 4.46. The van der Waals surface area contributed by atoms with Crippen LogP contribution in [0.4, 0.5) is 18.9 Å². The van der Waals surface area contributed by atoms with Crippen LogP contribution >= 0.6 is 0 Å². The fraction of sp³-hybridized carbons (Fsp3) is 0.200. The Kier molecular flexibility index (Phi) is 3.53. The number of nitro benzene ring substituents is 1. The van der Waals surface area contributed by atoms with Crippen molar-refractivity contribution in [3.8, 4) is 12.1 Å². The molecule has 0 aromatic heterocycles. The van der Waals surface area contributed by atoms with Crippen molar-refractivity contribution < 1.29 is 18.1 Å². The molecule has 0 aliphatic heterocycles. The van der Waals surface area contributed by atoms with E-state index in [4.69, 9.17) is 10.5 Å². The summed E-state index contributed by atoms with van der Waals surface area (Å²) in [6.45, 7) is 0. The fourth-order valence-electron chi connectivity index (χ4n) is 1.38. The van der Waals surface area contributed by atoms with Crippen LogP contribution in [-0.2, 0) is 12.6 Å². The molecule has 5 nitrogen and oxygen atoms in total. The zero-order chi connectivity index (χ0) is 13.9. The molecule has 1 aromatic carbocycles. The summed E-state index contributed by atoms with van der Waals surface area (Å²) < 4.78 is 37.5. The van der Waals surface area contributed by atoms with E-state index in [-0.39, 0.29) is 0 Å². The molecular weight excluding hydrogens is 251 g/mol. The van der Waals surface area contributed by atoms with E-state index in [1.54, 1.807) is 0 Å². The van der Waals surface area contributed by atoms with E-state index < -0.39 is 39.9 Å². The van der Waals surface area contributed by atoms with E-state index in [0.29, 0.717) is 12.1 Å². The van der Waals surface area contributed by atoms with Crippen LogP contribution in [-0.4, -0.2) is 4.92 Å². The van der Waals surface area contributed by atoms with Crippen molar-refractivity contribution in [3.05, 3.63) is 38.9 Å². The van der Waals surface area contributed by atoms with Crippen LogP contribution < -0.4 is 0 Å².